The number of hydrogen-bond acceptors (Lipinski definition) is 5. The van der Waals surface area contributed by atoms with Crippen LogP contribution in [0.3, 0.4) is 0 Å². The molecule has 1 unspecified atom stereocenters. The van der Waals surface area contributed by atoms with Crippen molar-refractivity contribution in [2.24, 2.45) is 5.73 Å². The first-order valence-electron chi connectivity index (χ1n) is 6.49. The minimum Gasteiger partial charge on any atom is -0.394 e. The summed E-state index contributed by atoms with van der Waals surface area (Å²) in [6, 6.07) is 4.68. The van der Waals surface area contributed by atoms with E-state index in [0.717, 1.165) is 5.56 Å². The maximum atomic E-state index is 12.6. The first-order valence-corrected chi connectivity index (χ1v) is 8.34. The van der Waals surface area contributed by atoms with Gasteiger partial charge >= 0.3 is 0 Å². The van der Waals surface area contributed by atoms with E-state index in [9.17, 15) is 8.42 Å². The molecule has 0 aliphatic carbocycles. The number of rotatable bonds is 4. The summed E-state index contributed by atoms with van der Waals surface area (Å²) in [5, 5.41) is 9.11. The molecular formula is C13H18N2O4S2. The molecule has 1 saturated heterocycles. The van der Waals surface area contributed by atoms with E-state index in [2.05, 4.69) is 0 Å². The van der Waals surface area contributed by atoms with E-state index in [-0.39, 0.29) is 36.2 Å². The summed E-state index contributed by atoms with van der Waals surface area (Å²) in [5.74, 6) is 0. The van der Waals surface area contributed by atoms with Crippen LogP contribution in [0.2, 0.25) is 0 Å². The maximum Gasteiger partial charge on any atom is 0.243 e. The van der Waals surface area contributed by atoms with Gasteiger partial charge in [0.15, 0.2) is 0 Å². The Kier molecular flexibility index (Phi) is 4.95. The highest BCUT2D eigenvalue weighted by atomic mass is 32.2. The highest BCUT2D eigenvalue weighted by Gasteiger charge is 2.30. The van der Waals surface area contributed by atoms with Gasteiger partial charge in [0.1, 0.15) is 4.99 Å². The molecule has 1 heterocycles. The lowest BCUT2D eigenvalue weighted by molar-refractivity contribution is -0.0304. The van der Waals surface area contributed by atoms with Crippen molar-refractivity contribution in [3.05, 3.63) is 29.3 Å². The smallest absolute Gasteiger partial charge is 0.243 e. The van der Waals surface area contributed by atoms with E-state index in [4.69, 9.17) is 27.8 Å². The van der Waals surface area contributed by atoms with Gasteiger partial charge in [0, 0.05) is 18.7 Å². The third kappa shape index (κ3) is 3.41. The molecule has 1 aliphatic heterocycles. The predicted molar refractivity (Wildman–Crippen MR) is 82.7 cm³/mol. The number of ether oxygens (including phenoxy) is 1. The minimum atomic E-state index is -3.61. The van der Waals surface area contributed by atoms with Gasteiger partial charge in [0.2, 0.25) is 10.0 Å². The molecule has 0 saturated carbocycles. The van der Waals surface area contributed by atoms with E-state index in [0.29, 0.717) is 5.56 Å². The highest BCUT2D eigenvalue weighted by molar-refractivity contribution is 7.89. The van der Waals surface area contributed by atoms with Crippen LogP contribution < -0.4 is 5.73 Å². The number of aryl methyl sites for hydroxylation is 1. The number of hydrogen-bond donors (Lipinski definition) is 2. The molecule has 3 N–H and O–H groups in total. The molecule has 0 radical (unpaired) electrons. The maximum absolute atomic E-state index is 12.6. The van der Waals surface area contributed by atoms with Crippen LogP contribution in [0.25, 0.3) is 0 Å². The first kappa shape index (κ1) is 16.3. The Morgan fingerprint density at radius 1 is 1.57 bits per heavy atom. The first-order chi connectivity index (χ1) is 9.86. The van der Waals surface area contributed by atoms with Crippen molar-refractivity contribution >= 4 is 27.2 Å². The Balaban J connectivity index is 2.31. The zero-order chi connectivity index (χ0) is 15.6. The number of aliphatic hydroxyl groups excluding tert-OH is 1. The molecule has 0 amide bonds. The van der Waals surface area contributed by atoms with Gasteiger partial charge in [-0.1, -0.05) is 18.3 Å². The van der Waals surface area contributed by atoms with Gasteiger partial charge in [-0.2, -0.15) is 4.31 Å². The standard InChI is InChI=1S/C13H18N2O4S2/c1-9-6-11(2-3-12(9)13(14)20)21(17,18)15-4-5-19-10(7-15)8-16/h2-3,6,10,16H,4-5,7-8H2,1H3,(H2,14,20). The third-order valence-electron chi connectivity index (χ3n) is 3.41. The van der Waals surface area contributed by atoms with Crippen LogP contribution in [-0.4, -0.2) is 55.2 Å². The molecule has 1 fully saturated rings. The van der Waals surface area contributed by atoms with E-state index < -0.39 is 16.1 Å². The minimum absolute atomic E-state index is 0.148. The summed E-state index contributed by atoms with van der Waals surface area (Å²) in [6.45, 7) is 2.26. The molecule has 21 heavy (non-hydrogen) atoms. The highest BCUT2D eigenvalue weighted by Crippen LogP contribution is 2.21. The molecule has 1 aromatic rings. The molecule has 1 aliphatic rings. The topological polar surface area (TPSA) is 92.9 Å². The van der Waals surface area contributed by atoms with Crippen LogP contribution in [0, 0.1) is 6.92 Å². The van der Waals surface area contributed by atoms with Crippen molar-refractivity contribution < 1.29 is 18.3 Å². The lowest BCUT2D eigenvalue weighted by Gasteiger charge is -2.31. The molecular weight excluding hydrogens is 312 g/mol. The van der Waals surface area contributed by atoms with Gasteiger partial charge in [-0.15, -0.1) is 0 Å². The molecule has 1 aromatic carbocycles. The Labute approximate surface area is 129 Å². The van der Waals surface area contributed by atoms with Gasteiger partial charge in [0.05, 0.1) is 24.2 Å². The molecule has 6 nitrogen and oxygen atoms in total. The number of morpholine rings is 1. The van der Waals surface area contributed by atoms with Crippen LogP contribution in [0.1, 0.15) is 11.1 Å². The SMILES string of the molecule is Cc1cc(S(=O)(=O)N2CCOC(CO)C2)ccc1C(N)=S. The van der Waals surface area contributed by atoms with E-state index >= 15 is 0 Å². The fourth-order valence-electron chi connectivity index (χ4n) is 2.24. The monoisotopic (exact) mass is 330 g/mol. The molecule has 8 heteroatoms. The number of aliphatic hydroxyl groups is 1. The molecule has 1 atom stereocenters. The van der Waals surface area contributed by atoms with Gasteiger partial charge in [-0.05, 0) is 24.6 Å². The van der Waals surface area contributed by atoms with Crippen molar-refractivity contribution in [3.63, 3.8) is 0 Å². The summed E-state index contributed by atoms with van der Waals surface area (Å²) in [4.78, 5) is 0.432. The lowest BCUT2D eigenvalue weighted by atomic mass is 10.1. The van der Waals surface area contributed by atoms with Gasteiger partial charge < -0.3 is 15.6 Å². The van der Waals surface area contributed by atoms with E-state index in [1.54, 1.807) is 19.1 Å². The van der Waals surface area contributed by atoms with Crippen LogP contribution in [-0.2, 0) is 14.8 Å². The molecule has 0 aromatic heterocycles. The summed E-state index contributed by atoms with van der Waals surface area (Å²) in [6.07, 6.45) is -0.481. The third-order valence-corrected chi connectivity index (χ3v) is 5.49. The van der Waals surface area contributed by atoms with E-state index in [1.165, 1.54) is 10.4 Å². The zero-order valence-corrected chi connectivity index (χ0v) is 13.3. The van der Waals surface area contributed by atoms with Crippen molar-refractivity contribution in [3.8, 4) is 0 Å². The number of nitrogens with two attached hydrogens (primary N) is 1. The lowest BCUT2D eigenvalue weighted by Crippen LogP contribution is -2.46. The van der Waals surface area contributed by atoms with Crippen LogP contribution >= 0.6 is 12.2 Å². The van der Waals surface area contributed by atoms with Crippen molar-refractivity contribution in [2.45, 2.75) is 17.9 Å². The number of nitrogens with zero attached hydrogens (tertiary/aromatic N) is 1. The average molecular weight is 330 g/mol. The fourth-order valence-corrected chi connectivity index (χ4v) is 4.01. The molecule has 116 valence electrons. The van der Waals surface area contributed by atoms with Gasteiger partial charge in [0.25, 0.3) is 0 Å². The van der Waals surface area contributed by atoms with Crippen molar-refractivity contribution in [1.29, 1.82) is 0 Å². The van der Waals surface area contributed by atoms with Crippen LogP contribution in [0.5, 0.6) is 0 Å². The summed E-state index contributed by atoms with van der Waals surface area (Å²) in [7, 11) is -3.61. The normalized spacial score (nSPS) is 20.4. The Bertz CT molecular complexity index is 646. The fraction of sp³-hybridized carbons (Fsp3) is 0.462. The van der Waals surface area contributed by atoms with Crippen LogP contribution in [0.4, 0.5) is 0 Å². The Morgan fingerprint density at radius 2 is 2.29 bits per heavy atom. The zero-order valence-electron chi connectivity index (χ0n) is 11.7. The summed E-state index contributed by atoms with van der Waals surface area (Å²) < 4.78 is 31.8. The quantitative estimate of drug-likeness (QED) is 0.756. The van der Waals surface area contributed by atoms with Crippen molar-refractivity contribution in [1.82, 2.24) is 4.31 Å². The second-order valence-electron chi connectivity index (χ2n) is 4.88. The summed E-state index contributed by atoms with van der Waals surface area (Å²) in [5.41, 5.74) is 6.96. The molecule has 2 rings (SSSR count). The second-order valence-corrected chi connectivity index (χ2v) is 7.26. The predicted octanol–water partition coefficient (Wildman–Crippen LogP) is 0.0110. The average Bonchev–Trinajstić information content (AvgIpc) is 2.46. The molecule has 0 bridgehead atoms. The summed E-state index contributed by atoms with van der Waals surface area (Å²) >= 11 is 4.92. The van der Waals surface area contributed by atoms with Gasteiger partial charge in [-0.25, -0.2) is 8.42 Å². The Morgan fingerprint density at radius 3 is 2.86 bits per heavy atom. The number of sulfonamides is 1. The second kappa shape index (κ2) is 6.37. The van der Waals surface area contributed by atoms with E-state index in [1.807, 2.05) is 0 Å². The Hall–Kier alpha value is -1.06. The molecule has 0 spiro atoms. The van der Waals surface area contributed by atoms with Gasteiger partial charge in [-0.3, -0.25) is 0 Å². The van der Waals surface area contributed by atoms with Crippen LogP contribution in [0.15, 0.2) is 23.1 Å². The largest absolute Gasteiger partial charge is 0.394 e. The number of benzene rings is 1. The van der Waals surface area contributed by atoms with Crippen molar-refractivity contribution in [2.75, 3.05) is 26.3 Å². The number of thiocarbonyl (C=S) groups is 1.